The third-order valence-corrected chi connectivity index (χ3v) is 4.21. The van der Waals surface area contributed by atoms with Gasteiger partial charge >= 0.3 is 0 Å². The van der Waals surface area contributed by atoms with Crippen molar-refractivity contribution in [3.05, 3.63) is 35.9 Å². The fraction of sp³-hybridized carbons (Fsp3) is 0.500. The van der Waals surface area contributed by atoms with Crippen LogP contribution in [0.2, 0.25) is 0 Å². The van der Waals surface area contributed by atoms with Crippen LogP contribution in [0, 0.1) is 0 Å². The van der Waals surface area contributed by atoms with Gasteiger partial charge in [-0.15, -0.1) is 0 Å². The summed E-state index contributed by atoms with van der Waals surface area (Å²) in [5, 5.41) is 3.04. The summed E-state index contributed by atoms with van der Waals surface area (Å²) in [6, 6.07) is 10.8. The molecule has 1 aromatic rings. The topological polar surface area (TPSA) is 32.3 Å². The fourth-order valence-corrected chi connectivity index (χ4v) is 2.61. The highest BCUT2D eigenvalue weighted by Crippen LogP contribution is 2.15. The van der Waals surface area contributed by atoms with Crippen molar-refractivity contribution in [1.82, 2.24) is 10.2 Å². The lowest BCUT2D eigenvalue weighted by molar-refractivity contribution is -0.119. The maximum absolute atomic E-state index is 11.6. The van der Waals surface area contributed by atoms with E-state index in [1.807, 2.05) is 6.07 Å². The van der Waals surface area contributed by atoms with Crippen LogP contribution in [-0.2, 0) is 11.3 Å². The van der Waals surface area contributed by atoms with Gasteiger partial charge in [0.2, 0.25) is 5.91 Å². The Hall–Kier alpha value is -0.390. The lowest BCUT2D eigenvalue weighted by atomic mass is 10.0. The number of alkyl halides is 2. The van der Waals surface area contributed by atoms with Crippen molar-refractivity contribution < 1.29 is 4.79 Å². The maximum atomic E-state index is 11.6. The number of hydrogen-bond donors (Lipinski definition) is 1. The highest BCUT2D eigenvalue weighted by atomic mass is 79.9. The first kappa shape index (κ1) is 15.0. The third kappa shape index (κ3) is 4.89. The average Bonchev–Trinajstić information content (AvgIpc) is 2.42. The SMILES string of the molecule is O=C(NC1CCN(Cc2ccccc2)CC1)C(Br)Br. The first-order valence-corrected chi connectivity index (χ1v) is 8.33. The first-order valence-electron chi connectivity index (χ1n) is 6.50. The number of amides is 1. The number of likely N-dealkylation sites (tertiary alicyclic amines) is 1. The van der Waals surface area contributed by atoms with Gasteiger partial charge in [-0.3, -0.25) is 9.69 Å². The molecule has 1 heterocycles. The molecule has 1 aliphatic heterocycles. The standard InChI is InChI=1S/C14H18Br2N2O/c15-13(16)14(19)17-12-6-8-18(9-7-12)10-11-4-2-1-3-5-11/h1-5,12-13H,6-10H2,(H,17,19). The average molecular weight is 390 g/mol. The summed E-state index contributed by atoms with van der Waals surface area (Å²) in [7, 11) is 0. The lowest BCUT2D eigenvalue weighted by Crippen LogP contribution is -2.45. The largest absolute Gasteiger partial charge is 0.352 e. The fourth-order valence-electron chi connectivity index (χ4n) is 2.34. The first-order chi connectivity index (χ1) is 9.15. The van der Waals surface area contributed by atoms with Gasteiger partial charge in [-0.1, -0.05) is 62.2 Å². The number of nitrogens with zero attached hydrogens (tertiary/aromatic N) is 1. The van der Waals surface area contributed by atoms with E-state index in [1.165, 1.54) is 5.56 Å². The van der Waals surface area contributed by atoms with Gasteiger partial charge < -0.3 is 5.32 Å². The molecular formula is C14H18Br2N2O. The number of carbonyl (C=O) groups excluding carboxylic acids is 1. The highest BCUT2D eigenvalue weighted by molar-refractivity contribution is 9.25. The van der Waals surface area contributed by atoms with Crippen LogP contribution in [0.4, 0.5) is 0 Å². The Balaban J connectivity index is 1.75. The van der Waals surface area contributed by atoms with E-state index in [0.29, 0.717) is 6.04 Å². The second-order valence-electron chi connectivity index (χ2n) is 4.85. The van der Waals surface area contributed by atoms with Gasteiger partial charge in [-0.05, 0) is 18.4 Å². The van der Waals surface area contributed by atoms with Gasteiger partial charge in [0.25, 0.3) is 0 Å². The molecule has 0 atom stereocenters. The van der Waals surface area contributed by atoms with E-state index in [9.17, 15) is 4.79 Å². The van der Waals surface area contributed by atoms with Crippen LogP contribution in [0.3, 0.4) is 0 Å². The molecule has 1 aromatic carbocycles. The van der Waals surface area contributed by atoms with Crippen molar-refractivity contribution in [1.29, 1.82) is 0 Å². The molecule has 0 saturated carbocycles. The van der Waals surface area contributed by atoms with Crippen molar-refractivity contribution >= 4 is 37.8 Å². The number of hydrogen-bond acceptors (Lipinski definition) is 2. The zero-order valence-corrected chi connectivity index (χ0v) is 13.9. The predicted molar refractivity (Wildman–Crippen MR) is 84.5 cm³/mol. The zero-order chi connectivity index (χ0) is 13.7. The summed E-state index contributed by atoms with van der Waals surface area (Å²) in [6.07, 6.45) is 2.04. The van der Waals surface area contributed by atoms with Crippen LogP contribution in [0.5, 0.6) is 0 Å². The molecule has 5 heteroatoms. The van der Waals surface area contributed by atoms with Gasteiger partial charge in [-0.25, -0.2) is 0 Å². The molecule has 1 fully saturated rings. The molecule has 0 radical (unpaired) electrons. The minimum absolute atomic E-state index is 0.0153. The maximum Gasteiger partial charge on any atom is 0.244 e. The van der Waals surface area contributed by atoms with E-state index in [2.05, 4.69) is 66.3 Å². The van der Waals surface area contributed by atoms with Crippen molar-refractivity contribution in [2.45, 2.75) is 29.2 Å². The van der Waals surface area contributed by atoms with Crippen molar-refractivity contribution in [3.8, 4) is 0 Å². The number of benzene rings is 1. The van der Waals surface area contributed by atoms with E-state index >= 15 is 0 Å². The molecule has 0 aliphatic carbocycles. The van der Waals surface area contributed by atoms with Gasteiger partial charge in [0.05, 0.1) is 0 Å². The summed E-state index contributed by atoms with van der Waals surface area (Å²) in [6.45, 7) is 3.07. The monoisotopic (exact) mass is 388 g/mol. The molecular weight excluding hydrogens is 372 g/mol. The molecule has 0 spiro atoms. The quantitative estimate of drug-likeness (QED) is 0.803. The summed E-state index contributed by atoms with van der Waals surface area (Å²) in [5.74, 6) is 0.0153. The molecule has 0 bridgehead atoms. The Kier molecular flexibility index (Phi) is 5.85. The van der Waals surface area contributed by atoms with Crippen molar-refractivity contribution in [2.75, 3.05) is 13.1 Å². The molecule has 1 N–H and O–H groups in total. The molecule has 2 rings (SSSR count). The number of rotatable bonds is 4. The normalized spacial score (nSPS) is 17.6. The summed E-state index contributed by atoms with van der Waals surface area (Å²) in [4.78, 5) is 14.0. The summed E-state index contributed by atoms with van der Waals surface area (Å²) >= 11 is 6.43. The number of halogens is 2. The predicted octanol–water partition coefficient (Wildman–Crippen LogP) is 2.88. The highest BCUT2D eigenvalue weighted by Gasteiger charge is 2.22. The Morgan fingerprint density at radius 2 is 1.89 bits per heavy atom. The van der Waals surface area contributed by atoms with E-state index in [-0.39, 0.29) is 9.64 Å². The third-order valence-electron chi connectivity index (χ3n) is 3.38. The van der Waals surface area contributed by atoms with Gasteiger partial charge in [0.1, 0.15) is 3.74 Å². The molecule has 3 nitrogen and oxygen atoms in total. The summed E-state index contributed by atoms with van der Waals surface area (Å²) in [5.41, 5.74) is 1.35. The lowest BCUT2D eigenvalue weighted by Gasteiger charge is -2.32. The number of carbonyl (C=O) groups is 1. The minimum atomic E-state index is -0.289. The van der Waals surface area contributed by atoms with Crippen LogP contribution >= 0.6 is 31.9 Å². The molecule has 104 valence electrons. The Morgan fingerprint density at radius 1 is 1.26 bits per heavy atom. The van der Waals surface area contributed by atoms with Crippen molar-refractivity contribution in [3.63, 3.8) is 0 Å². The van der Waals surface area contributed by atoms with E-state index < -0.39 is 0 Å². The van der Waals surface area contributed by atoms with Crippen molar-refractivity contribution in [2.24, 2.45) is 0 Å². The number of nitrogens with one attached hydrogen (secondary N) is 1. The molecule has 1 aliphatic rings. The Morgan fingerprint density at radius 3 is 2.47 bits per heavy atom. The minimum Gasteiger partial charge on any atom is -0.352 e. The second kappa shape index (κ2) is 7.41. The van der Waals surface area contributed by atoms with Crippen LogP contribution < -0.4 is 5.32 Å². The molecule has 1 amide bonds. The zero-order valence-electron chi connectivity index (χ0n) is 10.7. The summed E-state index contributed by atoms with van der Waals surface area (Å²) < 4.78 is -0.289. The van der Waals surface area contributed by atoms with Gasteiger partial charge in [0, 0.05) is 25.7 Å². The van der Waals surface area contributed by atoms with Crippen LogP contribution in [0.25, 0.3) is 0 Å². The van der Waals surface area contributed by atoms with Gasteiger partial charge in [-0.2, -0.15) is 0 Å². The Bertz CT molecular complexity index is 403. The van der Waals surface area contributed by atoms with Crippen LogP contribution in [0.1, 0.15) is 18.4 Å². The second-order valence-corrected chi connectivity index (χ2v) is 7.91. The Labute approximate surface area is 131 Å². The van der Waals surface area contributed by atoms with Crippen LogP contribution in [-0.4, -0.2) is 33.7 Å². The van der Waals surface area contributed by atoms with E-state index in [1.54, 1.807) is 0 Å². The van der Waals surface area contributed by atoms with E-state index in [0.717, 1.165) is 32.5 Å². The smallest absolute Gasteiger partial charge is 0.244 e. The molecule has 19 heavy (non-hydrogen) atoms. The van der Waals surface area contributed by atoms with Gasteiger partial charge in [0.15, 0.2) is 0 Å². The molecule has 0 aromatic heterocycles. The van der Waals surface area contributed by atoms with E-state index in [4.69, 9.17) is 0 Å². The molecule has 1 saturated heterocycles. The number of piperidine rings is 1. The molecule has 0 unspecified atom stereocenters. The van der Waals surface area contributed by atoms with Crippen LogP contribution in [0.15, 0.2) is 30.3 Å².